The molecule has 3 aromatic rings. The molecule has 0 amide bonds. The van der Waals surface area contributed by atoms with Crippen molar-refractivity contribution in [2.75, 3.05) is 7.11 Å². The van der Waals surface area contributed by atoms with Gasteiger partial charge in [-0.25, -0.2) is 0 Å². The van der Waals surface area contributed by atoms with Crippen molar-refractivity contribution in [1.29, 1.82) is 0 Å². The summed E-state index contributed by atoms with van der Waals surface area (Å²) < 4.78 is 10.4. The molecular formula is C16H12I3O7V. The van der Waals surface area contributed by atoms with Crippen LogP contribution in [0.2, 0.25) is 0 Å². The van der Waals surface area contributed by atoms with Gasteiger partial charge in [0.15, 0.2) is 28.4 Å². The van der Waals surface area contributed by atoms with Crippen LogP contribution < -0.4 is 10.2 Å². The standard InChI is InChI=1S/C16H12O7.3HI.V/c1-22-16-11(20)6-13-14(15(16)21)10(19)5-12(23-13)7-2-3-8(17)9(18)4-7;;;;/h2-6,17-18,20-21H,1H3;3*1H;/q;;;;+3/p-3. The van der Waals surface area contributed by atoms with E-state index in [1.165, 1.54) is 25.3 Å². The summed E-state index contributed by atoms with van der Waals surface area (Å²) in [5.74, 6) is -1.70. The topological polar surface area (TPSA) is 120 Å². The number of ether oxygens (including phenoxy) is 1. The van der Waals surface area contributed by atoms with Gasteiger partial charge < -0.3 is 29.6 Å². The van der Waals surface area contributed by atoms with Crippen LogP contribution in [0.25, 0.3) is 22.3 Å². The Morgan fingerprint density at radius 2 is 1.59 bits per heavy atom. The first kappa shape index (κ1) is 22.7. The van der Waals surface area contributed by atoms with E-state index in [1.54, 1.807) is 0 Å². The molecule has 0 bridgehead atoms. The predicted molar refractivity (Wildman–Crippen MR) is 123 cm³/mol. The Balaban J connectivity index is 0.000000596. The van der Waals surface area contributed by atoms with Crippen molar-refractivity contribution in [3.8, 4) is 40.1 Å². The molecule has 0 radical (unpaired) electrons. The van der Waals surface area contributed by atoms with E-state index < -0.39 is 11.2 Å². The van der Waals surface area contributed by atoms with Gasteiger partial charge in [0.2, 0.25) is 5.75 Å². The second-order valence-electron chi connectivity index (χ2n) is 5.02. The molecule has 144 valence electrons. The Kier molecular flexibility index (Phi) is 8.21. The van der Waals surface area contributed by atoms with E-state index in [4.69, 9.17) is 9.15 Å². The zero-order valence-electron chi connectivity index (χ0n) is 13.5. The van der Waals surface area contributed by atoms with Crippen molar-refractivity contribution in [1.82, 2.24) is 0 Å². The molecule has 3 rings (SSSR count). The summed E-state index contributed by atoms with van der Waals surface area (Å²) in [5.41, 5.74) is -0.255. The molecule has 0 spiro atoms. The van der Waals surface area contributed by atoms with E-state index >= 15 is 0 Å². The molecule has 0 unspecified atom stereocenters. The summed E-state index contributed by atoms with van der Waals surface area (Å²) in [6, 6.07) is 6.20. The van der Waals surface area contributed by atoms with Gasteiger partial charge in [0.25, 0.3) is 0 Å². The van der Waals surface area contributed by atoms with Gasteiger partial charge in [0.05, 0.1) is 7.11 Å². The van der Waals surface area contributed by atoms with Crippen molar-refractivity contribution in [3.05, 3.63) is 40.6 Å². The minimum absolute atomic E-state index is 0.0455. The number of hydrogen-bond acceptors (Lipinski definition) is 7. The fourth-order valence-corrected chi connectivity index (χ4v) is 2.29. The molecule has 0 saturated carbocycles. The van der Waals surface area contributed by atoms with Gasteiger partial charge in [-0.2, -0.15) is 0 Å². The number of halogens is 3. The van der Waals surface area contributed by atoms with Crippen LogP contribution in [0.4, 0.5) is 0 Å². The van der Waals surface area contributed by atoms with Crippen molar-refractivity contribution < 1.29 is 34.5 Å². The number of phenolic OH excluding ortho intramolecular Hbond substituents is 4. The number of hydrogen-bond donors (Lipinski definition) is 4. The summed E-state index contributed by atoms with van der Waals surface area (Å²) in [5, 5.41) is 38.6. The van der Waals surface area contributed by atoms with E-state index in [1.807, 2.05) is 0 Å². The van der Waals surface area contributed by atoms with Crippen molar-refractivity contribution in [2.45, 2.75) is 0 Å². The molecule has 0 saturated heterocycles. The normalized spacial score (nSPS) is 10.6. The Hall–Kier alpha value is -0.576. The van der Waals surface area contributed by atoms with Crippen LogP contribution in [0.1, 0.15) is 0 Å². The quantitative estimate of drug-likeness (QED) is 0.217. The van der Waals surface area contributed by atoms with Crippen molar-refractivity contribution in [2.24, 2.45) is 0 Å². The monoisotopic (exact) mass is 748 g/mol. The van der Waals surface area contributed by atoms with Gasteiger partial charge in [0, 0.05) is 17.7 Å². The number of fused-ring (bicyclic) bond motifs is 1. The Labute approximate surface area is 191 Å². The molecule has 1 aromatic heterocycles. The zero-order valence-corrected chi connectivity index (χ0v) is 21.4. The molecule has 0 atom stereocenters. The second kappa shape index (κ2) is 9.76. The summed E-state index contributed by atoms with van der Waals surface area (Å²) in [4.78, 5) is 12.0. The molecule has 27 heavy (non-hydrogen) atoms. The zero-order chi connectivity index (χ0) is 20.3. The van der Waals surface area contributed by atoms with E-state index in [0.717, 1.165) is 12.1 Å². The number of rotatable bonds is 2. The SMILES string of the molecule is COc1c(O)cc2oc(-c3ccc(O)c(O)c3)cc(=O)c2c1O.[I][V]([I])[I]. The second-order valence-corrected chi connectivity index (χ2v) is 40.4. The average molecular weight is 748 g/mol. The third kappa shape index (κ3) is 5.49. The van der Waals surface area contributed by atoms with Gasteiger partial charge in [0.1, 0.15) is 16.7 Å². The number of benzene rings is 2. The molecule has 11 heteroatoms. The van der Waals surface area contributed by atoms with Crippen LogP contribution in [-0.4, -0.2) is 27.5 Å². The van der Waals surface area contributed by atoms with Gasteiger partial charge in [-0.15, -0.1) is 0 Å². The van der Waals surface area contributed by atoms with E-state index in [9.17, 15) is 25.2 Å². The first-order chi connectivity index (χ1) is 12.6. The van der Waals surface area contributed by atoms with Crippen LogP contribution in [0.15, 0.2) is 39.5 Å². The van der Waals surface area contributed by atoms with Gasteiger partial charge in [-0.3, -0.25) is 4.79 Å². The van der Waals surface area contributed by atoms with Gasteiger partial charge in [-0.05, 0) is 18.2 Å². The summed E-state index contributed by atoms with van der Waals surface area (Å²) in [6.07, 6.45) is 0. The Bertz CT molecular complexity index is 1030. The molecule has 4 N–H and O–H groups in total. The maximum atomic E-state index is 12.3. The third-order valence-electron chi connectivity index (χ3n) is 3.39. The third-order valence-corrected chi connectivity index (χ3v) is 3.39. The molecule has 0 fully saturated rings. The maximum absolute atomic E-state index is 12.3. The predicted octanol–water partition coefficient (Wildman–Crippen LogP) is 4.95. The van der Waals surface area contributed by atoms with Crippen LogP contribution in [-0.2, 0) is 4.92 Å². The van der Waals surface area contributed by atoms with Crippen LogP contribution in [0, 0.1) is 0 Å². The van der Waals surface area contributed by atoms with Crippen LogP contribution >= 0.6 is 59.9 Å². The number of phenols is 4. The van der Waals surface area contributed by atoms with E-state index in [2.05, 4.69) is 59.9 Å². The molecule has 0 aliphatic carbocycles. The first-order valence-corrected chi connectivity index (χ1v) is 20.5. The molecule has 7 nitrogen and oxygen atoms in total. The van der Waals surface area contributed by atoms with E-state index in [0.29, 0.717) is 5.56 Å². The van der Waals surface area contributed by atoms with E-state index in [-0.39, 0.29) is 44.6 Å². The fraction of sp³-hybridized carbons (Fsp3) is 0.0625. The fourth-order valence-electron chi connectivity index (χ4n) is 2.29. The Morgan fingerprint density at radius 1 is 0.963 bits per heavy atom. The van der Waals surface area contributed by atoms with Crippen LogP contribution in [0.3, 0.4) is 0 Å². The van der Waals surface area contributed by atoms with Crippen molar-refractivity contribution in [3.63, 3.8) is 0 Å². The average Bonchev–Trinajstić information content (AvgIpc) is 2.56. The molecule has 1 heterocycles. The number of aromatic hydroxyl groups is 4. The molecular weight excluding hydrogens is 736 g/mol. The summed E-state index contributed by atoms with van der Waals surface area (Å²) in [6.45, 7) is 0. The summed E-state index contributed by atoms with van der Waals surface area (Å²) >= 11 is 7.39. The minimum atomic E-state index is -0.551. The Morgan fingerprint density at radius 3 is 2.15 bits per heavy atom. The van der Waals surface area contributed by atoms with Crippen molar-refractivity contribution >= 4 is 70.9 Å². The number of methoxy groups -OCH3 is 1. The molecule has 2 aromatic carbocycles. The van der Waals surface area contributed by atoms with Gasteiger partial charge in [-0.1, -0.05) is 0 Å². The molecule has 0 aliphatic rings. The van der Waals surface area contributed by atoms with Crippen LogP contribution in [0.5, 0.6) is 28.7 Å². The molecule has 0 aliphatic heterocycles. The first-order valence-electron chi connectivity index (χ1n) is 7.02. The van der Waals surface area contributed by atoms with Gasteiger partial charge >= 0.3 is 64.9 Å². The summed E-state index contributed by atoms with van der Waals surface area (Å²) in [7, 11) is 1.25.